The number of benzene rings is 1. The van der Waals surface area contributed by atoms with Crippen molar-refractivity contribution >= 4 is 33.2 Å². The van der Waals surface area contributed by atoms with Gasteiger partial charge in [-0.2, -0.15) is 0 Å². The Kier molecular flexibility index (Phi) is 5.71. The fourth-order valence-electron chi connectivity index (χ4n) is 3.64. The molecule has 2 N–H and O–H groups in total. The van der Waals surface area contributed by atoms with Gasteiger partial charge in [0.1, 0.15) is 0 Å². The highest BCUT2D eigenvalue weighted by Gasteiger charge is 2.41. The van der Waals surface area contributed by atoms with Crippen molar-refractivity contribution in [1.29, 1.82) is 0 Å². The smallest absolute Gasteiger partial charge is 0.251 e. The molecule has 2 saturated heterocycles. The Balaban J connectivity index is 1.58. The molecule has 2 aliphatic rings. The van der Waals surface area contributed by atoms with Crippen LogP contribution in [0.15, 0.2) is 24.3 Å². The second-order valence-corrected chi connectivity index (χ2v) is 11.0. The van der Waals surface area contributed by atoms with Gasteiger partial charge in [-0.25, -0.2) is 8.42 Å². The highest BCUT2D eigenvalue weighted by atomic mass is 32.2. The van der Waals surface area contributed by atoms with E-state index in [0.29, 0.717) is 17.7 Å². The molecule has 0 aliphatic carbocycles. The minimum absolute atomic E-state index is 0.0226. The highest BCUT2D eigenvalue weighted by molar-refractivity contribution is 7.91. The molecule has 1 aromatic carbocycles. The molecule has 8 nitrogen and oxygen atoms in total. The van der Waals surface area contributed by atoms with Gasteiger partial charge in [-0.05, 0) is 51.5 Å². The topological polar surface area (TPSA) is 113 Å². The Labute approximate surface area is 170 Å². The van der Waals surface area contributed by atoms with Crippen LogP contribution in [0, 0.1) is 5.92 Å². The largest absolute Gasteiger partial charge is 0.347 e. The van der Waals surface area contributed by atoms with Gasteiger partial charge in [0.2, 0.25) is 11.8 Å². The average Bonchev–Trinajstić information content (AvgIpc) is 3.16. The summed E-state index contributed by atoms with van der Waals surface area (Å²) < 4.78 is 23.3. The Morgan fingerprint density at radius 2 is 1.79 bits per heavy atom. The Morgan fingerprint density at radius 3 is 2.34 bits per heavy atom. The number of likely N-dealkylation sites (tertiary alicyclic amines) is 1. The van der Waals surface area contributed by atoms with Gasteiger partial charge in [0, 0.05) is 35.8 Å². The highest BCUT2D eigenvalue weighted by Crippen LogP contribution is 2.27. The monoisotopic (exact) mass is 421 g/mol. The zero-order valence-corrected chi connectivity index (χ0v) is 17.7. The quantitative estimate of drug-likeness (QED) is 0.758. The van der Waals surface area contributed by atoms with Crippen LogP contribution in [0.4, 0.5) is 5.69 Å². The minimum atomic E-state index is -3.09. The van der Waals surface area contributed by atoms with Crippen molar-refractivity contribution in [2.75, 3.05) is 23.4 Å². The third kappa shape index (κ3) is 5.35. The van der Waals surface area contributed by atoms with Crippen molar-refractivity contribution in [2.24, 2.45) is 5.92 Å². The Morgan fingerprint density at radius 1 is 1.14 bits per heavy atom. The first-order valence-electron chi connectivity index (χ1n) is 9.67. The number of amides is 3. The first kappa shape index (κ1) is 21.3. The fraction of sp³-hybridized carbons (Fsp3) is 0.550. The molecule has 0 spiro atoms. The first-order valence-corrected chi connectivity index (χ1v) is 11.5. The van der Waals surface area contributed by atoms with Crippen molar-refractivity contribution in [3.05, 3.63) is 29.8 Å². The summed E-state index contributed by atoms with van der Waals surface area (Å²) in [6, 6.07) is 6.23. The minimum Gasteiger partial charge on any atom is -0.347 e. The summed E-state index contributed by atoms with van der Waals surface area (Å²) in [6.45, 7) is 5.92. The molecule has 0 bridgehead atoms. The van der Waals surface area contributed by atoms with Gasteiger partial charge in [-0.15, -0.1) is 0 Å². The summed E-state index contributed by atoms with van der Waals surface area (Å²) >= 11 is 0. The van der Waals surface area contributed by atoms with E-state index in [1.54, 1.807) is 24.3 Å². The van der Waals surface area contributed by atoms with Gasteiger partial charge in [0.15, 0.2) is 9.84 Å². The fourth-order valence-corrected chi connectivity index (χ4v) is 5.37. The van der Waals surface area contributed by atoms with Gasteiger partial charge in [0.25, 0.3) is 5.91 Å². The molecule has 9 heteroatoms. The number of carbonyl (C=O) groups is 3. The SMILES string of the molecule is CC(C)(C)NC(=O)c1ccc(NC(=O)[C@H]2CC(=O)N([C@H]3CCS(=O)(=O)C3)C2)cc1. The number of hydrogen-bond acceptors (Lipinski definition) is 5. The van der Waals surface area contributed by atoms with E-state index in [2.05, 4.69) is 10.6 Å². The maximum Gasteiger partial charge on any atom is 0.251 e. The number of sulfone groups is 1. The summed E-state index contributed by atoms with van der Waals surface area (Å²) in [5, 5.41) is 5.65. The maximum atomic E-state index is 12.6. The number of rotatable bonds is 4. The third-order valence-corrected chi connectivity index (χ3v) is 6.83. The van der Waals surface area contributed by atoms with Crippen LogP contribution < -0.4 is 10.6 Å². The van der Waals surface area contributed by atoms with Crippen LogP contribution in [0.3, 0.4) is 0 Å². The van der Waals surface area contributed by atoms with Crippen LogP contribution in [0.25, 0.3) is 0 Å². The molecule has 2 fully saturated rings. The lowest BCUT2D eigenvalue weighted by Gasteiger charge is -2.23. The van der Waals surface area contributed by atoms with Crippen LogP contribution in [-0.4, -0.2) is 60.7 Å². The number of anilines is 1. The second-order valence-electron chi connectivity index (χ2n) is 8.77. The Hall–Kier alpha value is -2.42. The van der Waals surface area contributed by atoms with Crippen LogP contribution in [0.5, 0.6) is 0 Å². The van der Waals surface area contributed by atoms with E-state index in [9.17, 15) is 22.8 Å². The van der Waals surface area contributed by atoms with Crippen molar-refractivity contribution in [3.63, 3.8) is 0 Å². The molecule has 1 aromatic rings. The summed E-state index contributed by atoms with van der Waals surface area (Å²) in [7, 11) is -3.09. The van der Waals surface area contributed by atoms with Crippen LogP contribution in [0.2, 0.25) is 0 Å². The molecule has 2 aliphatic heterocycles. The van der Waals surface area contributed by atoms with Crippen molar-refractivity contribution in [3.8, 4) is 0 Å². The molecular weight excluding hydrogens is 394 g/mol. The average molecular weight is 422 g/mol. The van der Waals surface area contributed by atoms with Crippen LogP contribution >= 0.6 is 0 Å². The Bertz CT molecular complexity index is 918. The predicted molar refractivity (Wildman–Crippen MR) is 109 cm³/mol. The number of nitrogens with one attached hydrogen (secondary N) is 2. The summed E-state index contributed by atoms with van der Waals surface area (Å²) in [4.78, 5) is 38.5. The first-order chi connectivity index (χ1) is 13.4. The summed E-state index contributed by atoms with van der Waals surface area (Å²) in [6.07, 6.45) is 0.509. The molecular formula is C20H27N3O5S. The lowest BCUT2D eigenvalue weighted by atomic mass is 10.1. The van der Waals surface area contributed by atoms with Crippen molar-refractivity contribution in [1.82, 2.24) is 10.2 Å². The molecule has 0 saturated carbocycles. The van der Waals surface area contributed by atoms with Crippen LogP contribution in [-0.2, 0) is 19.4 Å². The van der Waals surface area contributed by atoms with Gasteiger partial charge < -0.3 is 15.5 Å². The van der Waals surface area contributed by atoms with Crippen molar-refractivity contribution in [2.45, 2.75) is 45.2 Å². The molecule has 2 heterocycles. The normalized spacial score (nSPS) is 23.8. The predicted octanol–water partition coefficient (Wildman–Crippen LogP) is 1.19. The van der Waals surface area contributed by atoms with Gasteiger partial charge in [-0.1, -0.05) is 0 Å². The molecule has 0 radical (unpaired) electrons. The lowest BCUT2D eigenvalue weighted by Crippen LogP contribution is -2.40. The zero-order chi connectivity index (χ0) is 21.4. The number of hydrogen-bond donors (Lipinski definition) is 2. The molecule has 0 aromatic heterocycles. The third-order valence-electron chi connectivity index (χ3n) is 5.08. The molecule has 2 atom stereocenters. The van der Waals surface area contributed by atoms with E-state index in [-0.39, 0.29) is 53.8 Å². The second kappa shape index (κ2) is 7.78. The van der Waals surface area contributed by atoms with Gasteiger partial charge in [-0.3, -0.25) is 14.4 Å². The van der Waals surface area contributed by atoms with Gasteiger partial charge >= 0.3 is 0 Å². The standard InChI is InChI=1S/C20H27N3O5S/c1-20(2,3)22-19(26)13-4-6-15(7-5-13)21-18(25)14-10-17(24)23(11-14)16-8-9-29(27,28)12-16/h4-7,14,16H,8-12H2,1-3H3,(H,21,25)(H,22,26)/t14-,16-/m0/s1. The van der Waals surface area contributed by atoms with E-state index < -0.39 is 15.8 Å². The van der Waals surface area contributed by atoms with E-state index >= 15 is 0 Å². The number of nitrogens with zero attached hydrogens (tertiary/aromatic N) is 1. The van der Waals surface area contributed by atoms with Crippen LogP contribution in [0.1, 0.15) is 44.0 Å². The van der Waals surface area contributed by atoms with Gasteiger partial charge in [0.05, 0.1) is 17.4 Å². The number of carbonyl (C=O) groups excluding carboxylic acids is 3. The van der Waals surface area contributed by atoms with E-state index in [1.165, 1.54) is 4.90 Å². The summed E-state index contributed by atoms with van der Waals surface area (Å²) in [5.74, 6) is -1.11. The zero-order valence-electron chi connectivity index (χ0n) is 16.9. The maximum absolute atomic E-state index is 12.6. The molecule has 158 valence electrons. The lowest BCUT2D eigenvalue weighted by molar-refractivity contribution is -0.129. The molecule has 3 amide bonds. The molecule has 29 heavy (non-hydrogen) atoms. The van der Waals surface area contributed by atoms with E-state index in [1.807, 2.05) is 20.8 Å². The van der Waals surface area contributed by atoms with Crippen molar-refractivity contribution < 1.29 is 22.8 Å². The van der Waals surface area contributed by atoms with E-state index in [4.69, 9.17) is 0 Å². The van der Waals surface area contributed by atoms with E-state index in [0.717, 1.165) is 0 Å². The molecule has 0 unspecified atom stereocenters. The molecule has 3 rings (SSSR count). The summed E-state index contributed by atoms with van der Waals surface area (Å²) in [5.41, 5.74) is 0.683.